The normalized spacial score (nSPS) is 22.4. The van der Waals surface area contributed by atoms with Crippen LogP contribution in [0.2, 0.25) is 0 Å². The van der Waals surface area contributed by atoms with Crippen LogP contribution >= 0.6 is 0 Å². The number of rotatable bonds is 5. The van der Waals surface area contributed by atoms with Crippen molar-refractivity contribution < 1.29 is 10.0 Å². The molecule has 2 rings (SSSR count). The van der Waals surface area contributed by atoms with E-state index < -0.39 is 4.92 Å². The molecule has 104 valence electrons. The quantitative estimate of drug-likeness (QED) is 0.531. The highest BCUT2D eigenvalue weighted by atomic mass is 16.6. The Morgan fingerprint density at radius 1 is 1.47 bits per heavy atom. The topological polar surface area (TPSA) is 127 Å². The fourth-order valence-electron chi connectivity index (χ4n) is 2.55. The van der Waals surface area contributed by atoms with Crippen molar-refractivity contribution >= 4 is 17.3 Å². The molecular formula is C11H17N5O3. The number of nitro groups is 1. The van der Waals surface area contributed by atoms with Crippen molar-refractivity contribution in [1.29, 1.82) is 0 Å². The summed E-state index contributed by atoms with van der Waals surface area (Å²) >= 11 is 0. The maximum absolute atomic E-state index is 10.9. The zero-order valence-corrected chi connectivity index (χ0v) is 10.5. The predicted molar refractivity (Wildman–Crippen MR) is 69.5 cm³/mol. The first-order chi connectivity index (χ1) is 9.13. The smallest absolute Gasteiger partial charge is 0.352 e. The van der Waals surface area contributed by atoms with Crippen LogP contribution in [0, 0.1) is 22.0 Å². The summed E-state index contributed by atoms with van der Waals surface area (Å²) in [4.78, 5) is 17.8. The number of aromatic nitrogens is 2. The number of nitrogens with zero attached hydrogens (tertiary/aromatic N) is 3. The summed E-state index contributed by atoms with van der Waals surface area (Å²) in [7, 11) is 0. The molecule has 19 heavy (non-hydrogen) atoms. The summed E-state index contributed by atoms with van der Waals surface area (Å²) in [6.07, 6.45) is 4.28. The van der Waals surface area contributed by atoms with E-state index in [0.29, 0.717) is 12.5 Å². The van der Waals surface area contributed by atoms with Gasteiger partial charge in [0.2, 0.25) is 11.6 Å². The molecular weight excluding hydrogens is 250 g/mol. The highest BCUT2D eigenvalue weighted by Crippen LogP contribution is 2.32. The summed E-state index contributed by atoms with van der Waals surface area (Å²) in [5.41, 5.74) is 5.20. The number of anilines is 2. The largest absolute Gasteiger partial charge is 0.396 e. The van der Waals surface area contributed by atoms with Gasteiger partial charge in [-0.15, -0.1) is 0 Å². The lowest BCUT2D eigenvalue weighted by Crippen LogP contribution is -2.21. The summed E-state index contributed by atoms with van der Waals surface area (Å²) in [6, 6.07) is 0. The molecule has 1 heterocycles. The van der Waals surface area contributed by atoms with Gasteiger partial charge >= 0.3 is 5.69 Å². The van der Waals surface area contributed by atoms with Gasteiger partial charge in [0.05, 0.1) is 4.92 Å². The summed E-state index contributed by atoms with van der Waals surface area (Å²) in [5, 5.41) is 23.1. The van der Waals surface area contributed by atoms with Crippen LogP contribution < -0.4 is 11.1 Å². The molecule has 4 N–H and O–H groups in total. The molecule has 0 radical (unpaired) electrons. The van der Waals surface area contributed by atoms with Crippen LogP contribution in [0.25, 0.3) is 0 Å². The maximum atomic E-state index is 10.9. The second-order valence-corrected chi connectivity index (χ2v) is 4.73. The lowest BCUT2D eigenvalue weighted by Gasteiger charge is -2.18. The standard InChI is InChI=1S/C11H17N5O3/c12-10-9(16(18)19)11(15-6-14-10)13-4-7-2-1-3-8(7)5-17/h6-8,17H,1-5H2,(H3,12,13,14,15). The Kier molecular flexibility index (Phi) is 4.10. The molecule has 0 aliphatic heterocycles. The summed E-state index contributed by atoms with van der Waals surface area (Å²) < 4.78 is 0. The van der Waals surface area contributed by atoms with Crippen LogP contribution in [0.1, 0.15) is 19.3 Å². The average molecular weight is 267 g/mol. The Morgan fingerprint density at radius 2 is 2.21 bits per heavy atom. The lowest BCUT2D eigenvalue weighted by atomic mass is 9.97. The molecule has 0 amide bonds. The Hall–Kier alpha value is -1.96. The first kappa shape index (κ1) is 13.5. The van der Waals surface area contributed by atoms with Crippen molar-refractivity contribution in [2.24, 2.45) is 11.8 Å². The van der Waals surface area contributed by atoms with E-state index in [9.17, 15) is 15.2 Å². The predicted octanol–water partition coefficient (Wildman–Crippen LogP) is 0.787. The van der Waals surface area contributed by atoms with Crippen molar-refractivity contribution in [1.82, 2.24) is 9.97 Å². The number of nitrogens with two attached hydrogens (primary N) is 1. The van der Waals surface area contributed by atoms with Gasteiger partial charge in [-0.05, 0) is 24.7 Å². The summed E-state index contributed by atoms with van der Waals surface area (Å²) in [5.74, 6) is 0.556. The third-order valence-electron chi connectivity index (χ3n) is 3.62. The monoisotopic (exact) mass is 267 g/mol. The Bertz CT molecular complexity index is 468. The summed E-state index contributed by atoms with van der Waals surface area (Å²) in [6.45, 7) is 0.697. The second-order valence-electron chi connectivity index (χ2n) is 4.73. The number of aliphatic hydroxyl groups excluding tert-OH is 1. The van der Waals surface area contributed by atoms with E-state index >= 15 is 0 Å². The Labute approximate surface area is 110 Å². The molecule has 0 bridgehead atoms. The van der Waals surface area contributed by atoms with E-state index in [-0.39, 0.29) is 29.8 Å². The molecule has 0 spiro atoms. The number of nitrogens with one attached hydrogen (secondary N) is 1. The molecule has 0 aromatic carbocycles. The third kappa shape index (κ3) is 2.90. The van der Waals surface area contributed by atoms with Crippen molar-refractivity contribution in [3.8, 4) is 0 Å². The van der Waals surface area contributed by atoms with Gasteiger partial charge in [0.1, 0.15) is 6.33 Å². The Morgan fingerprint density at radius 3 is 2.89 bits per heavy atom. The second kappa shape index (κ2) is 5.79. The van der Waals surface area contributed by atoms with Gasteiger partial charge < -0.3 is 16.2 Å². The van der Waals surface area contributed by atoms with E-state index in [0.717, 1.165) is 19.3 Å². The maximum Gasteiger partial charge on any atom is 0.352 e. The molecule has 1 aliphatic carbocycles. The first-order valence-electron chi connectivity index (χ1n) is 6.23. The van der Waals surface area contributed by atoms with E-state index in [1.54, 1.807) is 0 Å². The van der Waals surface area contributed by atoms with Crippen LogP contribution in [0.15, 0.2) is 6.33 Å². The minimum atomic E-state index is -0.587. The SMILES string of the molecule is Nc1ncnc(NCC2CCCC2CO)c1[N+](=O)[O-]. The van der Waals surface area contributed by atoms with Crippen molar-refractivity contribution in [2.75, 3.05) is 24.2 Å². The van der Waals surface area contributed by atoms with Crippen LogP contribution in [-0.4, -0.2) is 33.1 Å². The molecule has 8 nitrogen and oxygen atoms in total. The third-order valence-corrected chi connectivity index (χ3v) is 3.62. The van der Waals surface area contributed by atoms with Gasteiger partial charge in [0.15, 0.2) is 0 Å². The number of hydrogen-bond donors (Lipinski definition) is 3. The molecule has 1 fully saturated rings. The van der Waals surface area contributed by atoms with Crippen molar-refractivity contribution in [3.05, 3.63) is 16.4 Å². The fraction of sp³-hybridized carbons (Fsp3) is 0.636. The Balaban J connectivity index is 2.07. The van der Waals surface area contributed by atoms with Crippen molar-refractivity contribution in [3.63, 3.8) is 0 Å². The van der Waals surface area contributed by atoms with Gasteiger partial charge in [0.25, 0.3) is 0 Å². The van der Waals surface area contributed by atoms with Crippen molar-refractivity contribution in [2.45, 2.75) is 19.3 Å². The highest BCUT2D eigenvalue weighted by molar-refractivity contribution is 5.67. The highest BCUT2D eigenvalue weighted by Gasteiger charge is 2.28. The zero-order chi connectivity index (χ0) is 13.8. The van der Waals surface area contributed by atoms with Gasteiger partial charge in [-0.1, -0.05) is 6.42 Å². The first-order valence-corrected chi connectivity index (χ1v) is 6.23. The molecule has 1 aliphatic rings. The number of nitrogen functional groups attached to an aromatic ring is 1. The van der Waals surface area contributed by atoms with Gasteiger partial charge in [0, 0.05) is 13.2 Å². The zero-order valence-electron chi connectivity index (χ0n) is 10.5. The molecule has 8 heteroatoms. The number of hydrogen-bond acceptors (Lipinski definition) is 7. The average Bonchev–Trinajstić information content (AvgIpc) is 2.83. The molecule has 1 saturated carbocycles. The van der Waals surface area contributed by atoms with E-state index in [1.807, 2.05) is 0 Å². The fourth-order valence-corrected chi connectivity index (χ4v) is 2.55. The van der Waals surface area contributed by atoms with E-state index in [4.69, 9.17) is 5.73 Å². The minimum absolute atomic E-state index is 0.140. The van der Waals surface area contributed by atoms with Crippen LogP contribution in [0.5, 0.6) is 0 Å². The van der Waals surface area contributed by atoms with Crippen LogP contribution in [0.4, 0.5) is 17.3 Å². The number of aliphatic hydroxyl groups is 1. The molecule has 1 aromatic heterocycles. The van der Waals surface area contributed by atoms with Crippen LogP contribution in [-0.2, 0) is 0 Å². The van der Waals surface area contributed by atoms with E-state index in [2.05, 4.69) is 15.3 Å². The molecule has 1 aromatic rings. The molecule has 2 unspecified atom stereocenters. The molecule has 0 saturated heterocycles. The lowest BCUT2D eigenvalue weighted by molar-refractivity contribution is -0.383. The van der Waals surface area contributed by atoms with Gasteiger partial charge in [-0.2, -0.15) is 0 Å². The van der Waals surface area contributed by atoms with Gasteiger partial charge in [-0.3, -0.25) is 10.1 Å². The van der Waals surface area contributed by atoms with Gasteiger partial charge in [-0.25, -0.2) is 9.97 Å². The molecule has 2 atom stereocenters. The minimum Gasteiger partial charge on any atom is -0.396 e. The van der Waals surface area contributed by atoms with Crippen LogP contribution in [0.3, 0.4) is 0 Å². The van der Waals surface area contributed by atoms with E-state index in [1.165, 1.54) is 6.33 Å².